The normalized spacial score (nSPS) is 19.8. The van der Waals surface area contributed by atoms with Crippen LogP contribution in [0.4, 0.5) is 0 Å². The highest BCUT2D eigenvalue weighted by Gasteiger charge is 2.45. The SMILES string of the molecule is O=C1C2CCC(CN1CC(CCCc1ccccc1)CCCc1ccccc1)N2Cc1ccccc1. The molecule has 0 aromatic heterocycles. The summed E-state index contributed by atoms with van der Waals surface area (Å²) in [7, 11) is 0. The molecule has 0 aliphatic carbocycles. The molecule has 2 atom stereocenters. The summed E-state index contributed by atoms with van der Waals surface area (Å²) in [4.78, 5) is 18.3. The van der Waals surface area contributed by atoms with Gasteiger partial charge in [0.1, 0.15) is 0 Å². The zero-order valence-corrected chi connectivity index (χ0v) is 21.5. The molecule has 2 fully saturated rings. The van der Waals surface area contributed by atoms with E-state index in [-0.39, 0.29) is 6.04 Å². The van der Waals surface area contributed by atoms with Gasteiger partial charge in [0.2, 0.25) is 5.91 Å². The van der Waals surface area contributed by atoms with E-state index in [0.29, 0.717) is 17.9 Å². The quantitative estimate of drug-likeness (QED) is 0.294. The Labute approximate surface area is 217 Å². The van der Waals surface area contributed by atoms with E-state index in [4.69, 9.17) is 0 Å². The van der Waals surface area contributed by atoms with Crippen LogP contribution in [0.25, 0.3) is 0 Å². The van der Waals surface area contributed by atoms with E-state index in [2.05, 4.69) is 101 Å². The summed E-state index contributed by atoms with van der Waals surface area (Å²) in [6, 6.07) is 32.9. The molecule has 188 valence electrons. The molecule has 3 heteroatoms. The number of piperazine rings is 1. The van der Waals surface area contributed by atoms with Crippen molar-refractivity contribution in [3.05, 3.63) is 108 Å². The Kier molecular flexibility index (Phi) is 8.51. The second-order valence-electron chi connectivity index (χ2n) is 10.8. The lowest BCUT2D eigenvalue weighted by Crippen LogP contribution is -2.57. The van der Waals surface area contributed by atoms with Crippen LogP contribution in [0, 0.1) is 5.92 Å². The third kappa shape index (κ3) is 6.44. The van der Waals surface area contributed by atoms with Gasteiger partial charge < -0.3 is 4.90 Å². The van der Waals surface area contributed by atoms with Crippen LogP contribution in [0.2, 0.25) is 0 Å². The average Bonchev–Trinajstić information content (AvgIpc) is 3.23. The monoisotopic (exact) mass is 480 g/mol. The average molecular weight is 481 g/mol. The van der Waals surface area contributed by atoms with Gasteiger partial charge in [0.25, 0.3) is 0 Å². The van der Waals surface area contributed by atoms with Crippen molar-refractivity contribution in [2.24, 2.45) is 5.92 Å². The highest BCUT2D eigenvalue weighted by Crippen LogP contribution is 2.33. The van der Waals surface area contributed by atoms with E-state index in [0.717, 1.165) is 45.3 Å². The number of likely N-dealkylation sites (tertiary alicyclic amines) is 1. The summed E-state index contributed by atoms with van der Waals surface area (Å²) in [6.45, 7) is 2.72. The fourth-order valence-corrected chi connectivity index (χ4v) is 6.27. The fourth-order valence-electron chi connectivity index (χ4n) is 6.27. The molecule has 2 saturated heterocycles. The zero-order chi connectivity index (χ0) is 24.6. The second kappa shape index (κ2) is 12.4. The lowest BCUT2D eigenvalue weighted by atomic mass is 9.92. The van der Waals surface area contributed by atoms with Crippen molar-refractivity contribution in [1.82, 2.24) is 9.80 Å². The third-order valence-corrected chi connectivity index (χ3v) is 8.20. The number of rotatable bonds is 12. The van der Waals surface area contributed by atoms with E-state index < -0.39 is 0 Å². The van der Waals surface area contributed by atoms with Gasteiger partial charge >= 0.3 is 0 Å². The first-order valence-electron chi connectivity index (χ1n) is 13.9. The van der Waals surface area contributed by atoms with Crippen molar-refractivity contribution < 1.29 is 4.79 Å². The van der Waals surface area contributed by atoms with Crippen LogP contribution in [0.3, 0.4) is 0 Å². The molecule has 3 aromatic rings. The van der Waals surface area contributed by atoms with Crippen molar-refractivity contribution >= 4 is 5.91 Å². The zero-order valence-electron chi connectivity index (χ0n) is 21.5. The second-order valence-corrected chi connectivity index (χ2v) is 10.8. The first kappa shape index (κ1) is 24.8. The number of nitrogens with zero attached hydrogens (tertiary/aromatic N) is 2. The van der Waals surface area contributed by atoms with Crippen LogP contribution < -0.4 is 0 Å². The van der Waals surface area contributed by atoms with Gasteiger partial charge in [-0.25, -0.2) is 0 Å². The van der Waals surface area contributed by atoms with Gasteiger partial charge in [0, 0.05) is 25.7 Å². The van der Waals surface area contributed by atoms with Gasteiger partial charge in [-0.1, -0.05) is 91.0 Å². The van der Waals surface area contributed by atoms with Crippen LogP contribution >= 0.6 is 0 Å². The number of carbonyl (C=O) groups is 1. The van der Waals surface area contributed by atoms with Crippen LogP contribution in [0.15, 0.2) is 91.0 Å². The summed E-state index contributed by atoms with van der Waals surface area (Å²) >= 11 is 0. The van der Waals surface area contributed by atoms with Crippen LogP contribution in [0.1, 0.15) is 55.2 Å². The van der Waals surface area contributed by atoms with Gasteiger partial charge in [0.15, 0.2) is 0 Å². The highest BCUT2D eigenvalue weighted by atomic mass is 16.2. The maximum Gasteiger partial charge on any atom is 0.240 e. The lowest BCUT2D eigenvalue weighted by Gasteiger charge is -2.41. The minimum absolute atomic E-state index is 0.0678. The van der Waals surface area contributed by atoms with E-state index in [1.165, 1.54) is 42.4 Å². The van der Waals surface area contributed by atoms with Gasteiger partial charge in [-0.2, -0.15) is 0 Å². The van der Waals surface area contributed by atoms with E-state index in [1.54, 1.807) is 0 Å². The van der Waals surface area contributed by atoms with Crippen molar-refractivity contribution in [2.75, 3.05) is 13.1 Å². The van der Waals surface area contributed by atoms with E-state index >= 15 is 0 Å². The van der Waals surface area contributed by atoms with Gasteiger partial charge in [-0.3, -0.25) is 9.69 Å². The number of benzene rings is 3. The molecule has 3 nitrogen and oxygen atoms in total. The van der Waals surface area contributed by atoms with Crippen molar-refractivity contribution in [3.8, 4) is 0 Å². The molecule has 3 aromatic carbocycles. The Bertz CT molecular complexity index is 1020. The topological polar surface area (TPSA) is 23.6 Å². The summed E-state index contributed by atoms with van der Waals surface area (Å²) in [5.74, 6) is 0.942. The minimum Gasteiger partial charge on any atom is -0.339 e. The molecule has 0 radical (unpaired) electrons. The number of amides is 1. The molecule has 2 unspecified atom stereocenters. The predicted octanol–water partition coefficient (Wildman–Crippen LogP) is 6.52. The van der Waals surface area contributed by atoms with Crippen LogP contribution in [-0.4, -0.2) is 40.9 Å². The number of aryl methyl sites for hydroxylation is 2. The number of hydrogen-bond acceptors (Lipinski definition) is 2. The van der Waals surface area contributed by atoms with Crippen molar-refractivity contribution in [3.63, 3.8) is 0 Å². The number of hydrogen-bond donors (Lipinski definition) is 0. The van der Waals surface area contributed by atoms with Crippen molar-refractivity contribution in [1.29, 1.82) is 0 Å². The summed E-state index contributed by atoms with van der Waals surface area (Å²) in [6.07, 6.45) is 9.17. The smallest absolute Gasteiger partial charge is 0.240 e. The Morgan fingerprint density at radius 3 is 1.78 bits per heavy atom. The summed E-state index contributed by atoms with van der Waals surface area (Å²) < 4.78 is 0. The predicted molar refractivity (Wildman–Crippen MR) is 148 cm³/mol. The Balaban J connectivity index is 1.19. The van der Waals surface area contributed by atoms with E-state index in [1.807, 2.05) is 0 Å². The molecule has 2 heterocycles. The first-order valence-corrected chi connectivity index (χ1v) is 13.9. The van der Waals surface area contributed by atoms with Gasteiger partial charge in [-0.15, -0.1) is 0 Å². The molecule has 36 heavy (non-hydrogen) atoms. The fraction of sp³-hybridized carbons (Fsp3) is 0.424. The molecule has 0 spiro atoms. The standard InChI is InChI=1S/C33H40N2O/c36-33-32-23-22-31(35(32)25-30-16-8-3-9-17-30)26-34(33)24-29(20-10-18-27-12-4-1-5-13-27)21-11-19-28-14-6-2-7-15-28/h1-9,12-17,29,31-32H,10-11,18-26H2. The maximum atomic E-state index is 13.6. The van der Waals surface area contributed by atoms with Crippen LogP contribution in [0.5, 0.6) is 0 Å². The maximum absolute atomic E-state index is 13.6. The van der Waals surface area contributed by atoms with Crippen LogP contribution in [-0.2, 0) is 24.2 Å². The Morgan fingerprint density at radius 2 is 1.22 bits per heavy atom. The molecule has 5 rings (SSSR count). The Hall–Kier alpha value is -2.91. The molecule has 1 amide bonds. The molecular formula is C33H40N2O. The summed E-state index contributed by atoms with van der Waals surface area (Å²) in [5, 5.41) is 0. The molecule has 0 saturated carbocycles. The molecule has 2 aliphatic rings. The van der Waals surface area contributed by atoms with Gasteiger partial charge in [0.05, 0.1) is 6.04 Å². The molecular weight excluding hydrogens is 440 g/mol. The van der Waals surface area contributed by atoms with Crippen molar-refractivity contribution in [2.45, 2.75) is 70.0 Å². The van der Waals surface area contributed by atoms with E-state index in [9.17, 15) is 4.79 Å². The van der Waals surface area contributed by atoms with Gasteiger partial charge in [-0.05, 0) is 74.0 Å². The molecule has 2 aliphatic heterocycles. The molecule has 0 N–H and O–H groups in total. The first-order chi connectivity index (χ1) is 17.8. The third-order valence-electron chi connectivity index (χ3n) is 8.20. The largest absolute Gasteiger partial charge is 0.339 e. The number of fused-ring (bicyclic) bond motifs is 2. The Morgan fingerprint density at radius 1 is 0.694 bits per heavy atom. The highest BCUT2D eigenvalue weighted by molar-refractivity contribution is 5.83. The number of carbonyl (C=O) groups excluding carboxylic acids is 1. The lowest BCUT2D eigenvalue weighted by molar-refractivity contribution is -0.142. The molecule has 2 bridgehead atoms. The summed E-state index contributed by atoms with van der Waals surface area (Å²) in [5.41, 5.74) is 4.16. The minimum atomic E-state index is 0.0678.